The molecule has 1 atom stereocenters. The van der Waals surface area contributed by atoms with E-state index in [1.54, 1.807) is 30.8 Å². The maximum absolute atomic E-state index is 11.9. The number of carbonyl (C=O) groups excluding carboxylic acids is 1. The number of benzene rings is 1. The molecule has 1 aromatic rings. The fourth-order valence-corrected chi connectivity index (χ4v) is 3.55. The lowest BCUT2D eigenvalue weighted by molar-refractivity contribution is -0.127. The standard InChI is InChI=1S/C19H29ClN4O2S.HI/c1-23(2)18(25)12-22-19(24(3)13-15-8-10-26-14-15)21-9-11-27-17-6-4-16(20)5-7-17;/h4-7,15H,8-14H2,1-3H3,(H,21,22);1H. The highest BCUT2D eigenvalue weighted by Gasteiger charge is 2.19. The van der Waals surface area contributed by atoms with Gasteiger partial charge in [-0.2, -0.15) is 0 Å². The first-order valence-electron chi connectivity index (χ1n) is 9.11. The van der Waals surface area contributed by atoms with Crippen LogP contribution in [0.1, 0.15) is 6.42 Å². The summed E-state index contributed by atoms with van der Waals surface area (Å²) in [5.74, 6) is 2.15. The average molecular weight is 541 g/mol. The van der Waals surface area contributed by atoms with Gasteiger partial charge in [0.05, 0.1) is 6.61 Å². The highest BCUT2D eigenvalue weighted by Crippen LogP contribution is 2.19. The molecule has 1 aliphatic heterocycles. The molecule has 0 aliphatic carbocycles. The first-order chi connectivity index (χ1) is 13.0. The molecule has 0 radical (unpaired) electrons. The monoisotopic (exact) mass is 540 g/mol. The summed E-state index contributed by atoms with van der Waals surface area (Å²) in [5.41, 5.74) is 0. The lowest BCUT2D eigenvalue weighted by atomic mass is 10.1. The number of hydrogen-bond acceptors (Lipinski definition) is 4. The number of guanidine groups is 1. The summed E-state index contributed by atoms with van der Waals surface area (Å²) in [6, 6.07) is 7.83. The molecule has 0 aromatic heterocycles. The van der Waals surface area contributed by atoms with E-state index in [2.05, 4.69) is 15.2 Å². The number of carbonyl (C=O) groups is 1. The molecule has 2 rings (SSSR count). The molecule has 1 unspecified atom stereocenters. The van der Waals surface area contributed by atoms with Crippen molar-refractivity contribution in [2.24, 2.45) is 10.9 Å². The Bertz CT molecular complexity index is 625. The maximum atomic E-state index is 11.9. The number of nitrogens with one attached hydrogen (secondary N) is 1. The zero-order valence-electron chi connectivity index (χ0n) is 16.7. The number of likely N-dealkylation sites (N-methyl/N-ethyl adjacent to an activating group) is 1. The van der Waals surface area contributed by atoms with Crippen molar-refractivity contribution < 1.29 is 9.53 Å². The summed E-state index contributed by atoms with van der Waals surface area (Å²) < 4.78 is 5.46. The van der Waals surface area contributed by atoms with E-state index in [-0.39, 0.29) is 36.4 Å². The van der Waals surface area contributed by atoms with Crippen molar-refractivity contribution in [1.82, 2.24) is 15.1 Å². The Kier molecular flexibility index (Phi) is 12.2. The molecule has 28 heavy (non-hydrogen) atoms. The van der Waals surface area contributed by atoms with E-state index in [0.29, 0.717) is 5.92 Å². The Morgan fingerprint density at radius 2 is 2.04 bits per heavy atom. The van der Waals surface area contributed by atoms with E-state index in [4.69, 9.17) is 16.3 Å². The number of rotatable bonds is 8. The first-order valence-corrected chi connectivity index (χ1v) is 10.5. The van der Waals surface area contributed by atoms with Crippen LogP contribution in [-0.4, -0.2) is 81.4 Å². The minimum atomic E-state index is -0.0116. The molecule has 158 valence electrons. The lowest BCUT2D eigenvalue weighted by Gasteiger charge is -2.25. The van der Waals surface area contributed by atoms with Crippen molar-refractivity contribution in [3.8, 4) is 0 Å². The molecular weight excluding hydrogens is 511 g/mol. The number of aliphatic imine (C=N–C) groups is 1. The third-order valence-electron chi connectivity index (χ3n) is 4.25. The summed E-state index contributed by atoms with van der Waals surface area (Å²) in [7, 11) is 5.50. The van der Waals surface area contributed by atoms with Crippen molar-refractivity contribution in [2.75, 3.05) is 59.7 Å². The van der Waals surface area contributed by atoms with Crippen LogP contribution in [-0.2, 0) is 9.53 Å². The summed E-state index contributed by atoms with van der Waals surface area (Å²) in [4.78, 5) is 21.2. The Balaban J connectivity index is 0.00000392. The van der Waals surface area contributed by atoms with Crippen LogP contribution in [0.4, 0.5) is 0 Å². The Morgan fingerprint density at radius 1 is 1.32 bits per heavy atom. The van der Waals surface area contributed by atoms with Gasteiger partial charge in [-0.1, -0.05) is 11.6 Å². The van der Waals surface area contributed by atoms with Crippen molar-refractivity contribution in [3.63, 3.8) is 0 Å². The summed E-state index contributed by atoms with van der Waals surface area (Å²) in [5, 5.41) is 4.13. The van der Waals surface area contributed by atoms with Crippen LogP contribution in [0.5, 0.6) is 0 Å². The molecule has 1 amide bonds. The third-order valence-corrected chi connectivity index (χ3v) is 5.51. The zero-order valence-corrected chi connectivity index (χ0v) is 20.6. The van der Waals surface area contributed by atoms with Crippen LogP contribution in [0, 0.1) is 5.92 Å². The Hall–Kier alpha value is -0.710. The smallest absolute Gasteiger partial charge is 0.243 e. The molecule has 1 aliphatic rings. The quantitative estimate of drug-likeness (QED) is 0.181. The minimum absolute atomic E-state index is 0. The molecule has 0 bridgehead atoms. The van der Waals surface area contributed by atoms with Crippen molar-refractivity contribution >= 4 is 59.2 Å². The molecule has 1 fully saturated rings. The van der Waals surface area contributed by atoms with Crippen molar-refractivity contribution in [1.29, 1.82) is 0 Å². The van der Waals surface area contributed by atoms with E-state index in [1.165, 1.54) is 4.90 Å². The van der Waals surface area contributed by atoms with E-state index in [1.807, 2.05) is 31.3 Å². The second-order valence-electron chi connectivity index (χ2n) is 6.77. The van der Waals surface area contributed by atoms with Crippen molar-refractivity contribution in [3.05, 3.63) is 29.3 Å². The molecule has 0 saturated carbocycles. The fourth-order valence-electron chi connectivity index (χ4n) is 2.66. The van der Waals surface area contributed by atoms with Gasteiger partial charge < -0.3 is 19.9 Å². The molecule has 1 N–H and O–H groups in total. The van der Waals surface area contributed by atoms with E-state index >= 15 is 0 Å². The van der Waals surface area contributed by atoms with E-state index in [0.717, 1.165) is 49.5 Å². The van der Waals surface area contributed by atoms with Gasteiger partial charge in [0.1, 0.15) is 6.54 Å². The molecule has 1 aromatic carbocycles. The first kappa shape index (κ1) is 25.3. The van der Waals surface area contributed by atoms with E-state index in [9.17, 15) is 4.79 Å². The fraction of sp³-hybridized carbons (Fsp3) is 0.579. The van der Waals surface area contributed by atoms with Gasteiger partial charge in [0.15, 0.2) is 5.96 Å². The van der Waals surface area contributed by atoms with Gasteiger partial charge in [-0.3, -0.25) is 4.79 Å². The topological polar surface area (TPSA) is 57.2 Å². The zero-order chi connectivity index (χ0) is 19.6. The summed E-state index contributed by atoms with van der Waals surface area (Å²) in [6.45, 7) is 3.39. The number of nitrogens with zero attached hydrogens (tertiary/aromatic N) is 3. The van der Waals surface area contributed by atoms with Crippen LogP contribution in [0.25, 0.3) is 0 Å². The summed E-state index contributed by atoms with van der Waals surface area (Å²) >= 11 is 7.67. The van der Waals surface area contributed by atoms with E-state index < -0.39 is 0 Å². The Morgan fingerprint density at radius 3 is 2.64 bits per heavy atom. The van der Waals surface area contributed by atoms with Gasteiger partial charge in [0, 0.05) is 62.4 Å². The molecular formula is C19H30ClIN4O2S. The van der Waals surface area contributed by atoms with Gasteiger partial charge >= 0.3 is 0 Å². The summed E-state index contributed by atoms with van der Waals surface area (Å²) in [6.07, 6.45) is 1.07. The number of halogens is 2. The molecule has 1 heterocycles. The molecule has 0 spiro atoms. The minimum Gasteiger partial charge on any atom is -0.381 e. The molecule has 1 saturated heterocycles. The molecule has 6 nitrogen and oxygen atoms in total. The average Bonchev–Trinajstić information content (AvgIpc) is 3.15. The normalized spacial score (nSPS) is 16.4. The van der Waals surface area contributed by atoms with Crippen LogP contribution in [0.15, 0.2) is 34.2 Å². The predicted molar refractivity (Wildman–Crippen MR) is 128 cm³/mol. The Labute approximate surface area is 194 Å². The number of thioether (sulfide) groups is 1. The van der Waals surface area contributed by atoms with Gasteiger partial charge in [-0.05, 0) is 30.7 Å². The third kappa shape index (κ3) is 9.19. The van der Waals surface area contributed by atoms with Crippen LogP contribution >= 0.6 is 47.3 Å². The lowest BCUT2D eigenvalue weighted by Crippen LogP contribution is -2.43. The van der Waals surface area contributed by atoms with Gasteiger partial charge in [0.25, 0.3) is 0 Å². The SMILES string of the molecule is CN(C)C(=O)CN=C(NCCSc1ccc(Cl)cc1)N(C)CC1CCOC1.I. The second-order valence-corrected chi connectivity index (χ2v) is 8.37. The van der Waals surface area contributed by atoms with Gasteiger partial charge in [-0.25, -0.2) is 4.99 Å². The van der Waals surface area contributed by atoms with Gasteiger partial charge in [0.2, 0.25) is 5.91 Å². The van der Waals surface area contributed by atoms with Gasteiger partial charge in [-0.15, -0.1) is 35.7 Å². The maximum Gasteiger partial charge on any atom is 0.243 e. The predicted octanol–water partition coefficient (Wildman–Crippen LogP) is 3.05. The van der Waals surface area contributed by atoms with Crippen LogP contribution in [0.2, 0.25) is 5.02 Å². The largest absolute Gasteiger partial charge is 0.381 e. The van der Waals surface area contributed by atoms with Crippen LogP contribution in [0.3, 0.4) is 0 Å². The van der Waals surface area contributed by atoms with Crippen molar-refractivity contribution in [2.45, 2.75) is 11.3 Å². The number of hydrogen-bond donors (Lipinski definition) is 1. The highest BCUT2D eigenvalue weighted by atomic mass is 127. The highest BCUT2D eigenvalue weighted by molar-refractivity contribution is 14.0. The second kappa shape index (κ2) is 13.5. The number of amides is 1. The number of ether oxygens (including phenoxy) is 1. The molecule has 9 heteroatoms. The van der Waals surface area contributed by atoms with Crippen LogP contribution < -0.4 is 5.32 Å².